The number of ether oxygens (including phenoxy) is 1. The maximum Gasteiger partial charge on any atom is 0.128 e. The predicted octanol–water partition coefficient (Wildman–Crippen LogP) is 4.00. The molecule has 112 valence electrons. The van der Waals surface area contributed by atoms with Crippen molar-refractivity contribution in [2.75, 3.05) is 13.7 Å². The van der Waals surface area contributed by atoms with Crippen LogP contribution in [0.15, 0.2) is 48.5 Å². The summed E-state index contributed by atoms with van der Waals surface area (Å²) in [5.74, 6) is -0.858. The molecule has 0 heterocycles. The number of halogens is 2. The first-order valence-corrected chi connectivity index (χ1v) is 6.86. The van der Waals surface area contributed by atoms with Crippen LogP contribution in [0.1, 0.15) is 30.1 Å². The minimum atomic E-state index is -0.442. The van der Waals surface area contributed by atoms with Crippen LogP contribution in [-0.4, -0.2) is 13.7 Å². The number of hydrogen-bond donors (Lipinski definition) is 1. The third-order valence-corrected chi connectivity index (χ3v) is 3.41. The molecule has 0 saturated heterocycles. The van der Waals surface area contributed by atoms with Gasteiger partial charge < -0.3 is 10.1 Å². The van der Waals surface area contributed by atoms with E-state index >= 15 is 0 Å². The van der Waals surface area contributed by atoms with Gasteiger partial charge in [-0.15, -0.1) is 0 Å². The van der Waals surface area contributed by atoms with Crippen molar-refractivity contribution >= 4 is 0 Å². The van der Waals surface area contributed by atoms with Crippen molar-refractivity contribution in [2.45, 2.75) is 19.0 Å². The van der Waals surface area contributed by atoms with Crippen LogP contribution in [0.5, 0.6) is 0 Å². The summed E-state index contributed by atoms with van der Waals surface area (Å²) in [6.45, 7) is 2.26. The van der Waals surface area contributed by atoms with Gasteiger partial charge in [-0.1, -0.05) is 30.3 Å². The summed E-state index contributed by atoms with van der Waals surface area (Å²) in [7, 11) is 1.62. The summed E-state index contributed by atoms with van der Waals surface area (Å²) in [6.07, 6.45) is 0. The number of rotatable bonds is 6. The molecule has 0 aromatic heterocycles. The topological polar surface area (TPSA) is 21.3 Å². The lowest BCUT2D eigenvalue weighted by Crippen LogP contribution is -2.28. The van der Waals surface area contributed by atoms with Gasteiger partial charge in [-0.2, -0.15) is 0 Å². The summed E-state index contributed by atoms with van der Waals surface area (Å²) in [4.78, 5) is 0. The predicted molar refractivity (Wildman–Crippen MR) is 79.0 cm³/mol. The van der Waals surface area contributed by atoms with Gasteiger partial charge >= 0.3 is 0 Å². The van der Waals surface area contributed by atoms with Crippen LogP contribution in [0.4, 0.5) is 8.78 Å². The summed E-state index contributed by atoms with van der Waals surface area (Å²) in [5.41, 5.74) is 1.36. The fourth-order valence-electron chi connectivity index (χ4n) is 2.33. The lowest BCUT2D eigenvalue weighted by molar-refractivity contribution is 0.161. The fraction of sp³-hybridized carbons (Fsp3) is 0.294. The van der Waals surface area contributed by atoms with E-state index in [4.69, 9.17) is 4.74 Å². The Hall–Kier alpha value is -1.78. The van der Waals surface area contributed by atoms with E-state index in [1.54, 1.807) is 7.11 Å². The van der Waals surface area contributed by atoms with E-state index in [2.05, 4.69) is 5.32 Å². The molecule has 2 nitrogen and oxygen atoms in total. The number of methoxy groups -OCH3 is 1. The van der Waals surface area contributed by atoms with Crippen molar-refractivity contribution < 1.29 is 13.5 Å². The second-order valence-electron chi connectivity index (χ2n) is 4.97. The Bertz CT molecular complexity index is 574. The van der Waals surface area contributed by atoms with Crippen LogP contribution < -0.4 is 5.32 Å². The van der Waals surface area contributed by atoms with Crippen LogP contribution in [-0.2, 0) is 4.74 Å². The van der Waals surface area contributed by atoms with Crippen LogP contribution in [0.2, 0.25) is 0 Å². The molecule has 0 amide bonds. The van der Waals surface area contributed by atoms with E-state index in [-0.39, 0.29) is 12.1 Å². The Morgan fingerprint density at radius 3 is 2.48 bits per heavy atom. The van der Waals surface area contributed by atoms with Gasteiger partial charge in [-0.05, 0) is 30.7 Å². The number of nitrogens with one attached hydrogen (secondary N) is 1. The number of hydrogen-bond acceptors (Lipinski definition) is 2. The zero-order valence-electron chi connectivity index (χ0n) is 12.1. The molecule has 0 fully saturated rings. The van der Waals surface area contributed by atoms with Crippen molar-refractivity contribution in [3.05, 3.63) is 71.3 Å². The first kappa shape index (κ1) is 15.6. The van der Waals surface area contributed by atoms with Crippen molar-refractivity contribution in [3.63, 3.8) is 0 Å². The first-order chi connectivity index (χ1) is 10.1. The van der Waals surface area contributed by atoms with Gasteiger partial charge in [0.2, 0.25) is 0 Å². The highest BCUT2D eigenvalue weighted by atomic mass is 19.1. The van der Waals surface area contributed by atoms with Crippen LogP contribution in [0.3, 0.4) is 0 Å². The van der Waals surface area contributed by atoms with Gasteiger partial charge in [0.25, 0.3) is 0 Å². The molecule has 0 saturated carbocycles. The second-order valence-corrected chi connectivity index (χ2v) is 4.97. The molecular weight excluding hydrogens is 272 g/mol. The standard InChI is InChI=1S/C17H19F2NO/c1-12(15-10-14(18)8-9-16(15)19)20-17(11-21-2)13-6-4-3-5-7-13/h3-10,12,17,20H,11H2,1-2H3. The molecule has 2 aromatic carbocycles. The molecule has 0 aliphatic heterocycles. The van der Waals surface area contributed by atoms with Gasteiger partial charge in [-0.25, -0.2) is 8.78 Å². The molecule has 0 aliphatic carbocycles. The molecule has 4 heteroatoms. The van der Waals surface area contributed by atoms with E-state index in [1.165, 1.54) is 6.07 Å². The third-order valence-electron chi connectivity index (χ3n) is 3.41. The van der Waals surface area contributed by atoms with Crippen molar-refractivity contribution in [2.24, 2.45) is 0 Å². The zero-order valence-corrected chi connectivity index (χ0v) is 12.1. The van der Waals surface area contributed by atoms with Crippen LogP contribution in [0, 0.1) is 11.6 Å². The Morgan fingerprint density at radius 2 is 1.81 bits per heavy atom. The molecule has 0 bridgehead atoms. The van der Waals surface area contributed by atoms with E-state index in [9.17, 15) is 8.78 Å². The maximum absolute atomic E-state index is 13.8. The highest BCUT2D eigenvalue weighted by Crippen LogP contribution is 2.22. The van der Waals surface area contributed by atoms with E-state index in [0.717, 1.165) is 17.7 Å². The minimum absolute atomic E-state index is 0.0890. The molecule has 2 rings (SSSR count). The molecule has 1 N–H and O–H groups in total. The quantitative estimate of drug-likeness (QED) is 0.868. The molecule has 21 heavy (non-hydrogen) atoms. The van der Waals surface area contributed by atoms with Gasteiger partial charge in [0.15, 0.2) is 0 Å². The van der Waals surface area contributed by atoms with E-state index in [0.29, 0.717) is 12.2 Å². The second kappa shape index (κ2) is 7.29. The van der Waals surface area contributed by atoms with Crippen LogP contribution >= 0.6 is 0 Å². The Kier molecular flexibility index (Phi) is 5.42. The molecule has 2 atom stereocenters. The van der Waals surface area contributed by atoms with Gasteiger partial charge in [-0.3, -0.25) is 0 Å². The third kappa shape index (κ3) is 4.09. The zero-order chi connectivity index (χ0) is 15.2. The van der Waals surface area contributed by atoms with Gasteiger partial charge in [0, 0.05) is 18.7 Å². The van der Waals surface area contributed by atoms with E-state index in [1.807, 2.05) is 37.3 Å². The largest absolute Gasteiger partial charge is 0.383 e. The molecule has 0 spiro atoms. The average Bonchev–Trinajstić information content (AvgIpc) is 2.50. The summed E-state index contributed by atoms with van der Waals surface area (Å²) < 4.78 is 32.3. The fourth-order valence-corrected chi connectivity index (χ4v) is 2.33. The lowest BCUT2D eigenvalue weighted by Gasteiger charge is -2.24. The Labute approximate surface area is 123 Å². The Morgan fingerprint density at radius 1 is 1.10 bits per heavy atom. The van der Waals surface area contributed by atoms with E-state index < -0.39 is 11.6 Å². The molecule has 2 aromatic rings. The number of benzene rings is 2. The molecular formula is C17H19F2NO. The van der Waals surface area contributed by atoms with Crippen molar-refractivity contribution in [3.8, 4) is 0 Å². The summed E-state index contributed by atoms with van der Waals surface area (Å²) in [6, 6.07) is 12.8. The maximum atomic E-state index is 13.8. The molecule has 0 aliphatic rings. The van der Waals surface area contributed by atoms with Crippen molar-refractivity contribution in [1.82, 2.24) is 5.32 Å². The Balaban J connectivity index is 2.18. The normalized spacial score (nSPS) is 13.9. The smallest absolute Gasteiger partial charge is 0.128 e. The summed E-state index contributed by atoms with van der Waals surface area (Å²) >= 11 is 0. The lowest BCUT2D eigenvalue weighted by atomic mass is 10.0. The minimum Gasteiger partial charge on any atom is -0.383 e. The van der Waals surface area contributed by atoms with Gasteiger partial charge in [0.1, 0.15) is 11.6 Å². The van der Waals surface area contributed by atoms with Crippen LogP contribution in [0.25, 0.3) is 0 Å². The van der Waals surface area contributed by atoms with Crippen molar-refractivity contribution in [1.29, 1.82) is 0 Å². The molecule has 2 unspecified atom stereocenters. The first-order valence-electron chi connectivity index (χ1n) is 6.86. The average molecular weight is 291 g/mol. The van der Waals surface area contributed by atoms with Gasteiger partial charge in [0.05, 0.1) is 12.6 Å². The summed E-state index contributed by atoms with van der Waals surface area (Å²) in [5, 5.41) is 3.29. The molecule has 0 radical (unpaired) electrons. The highest BCUT2D eigenvalue weighted by Gasteiger charge is 2.18. The monoisotopic (exact) mass is 291 g/mol. The highest BCUT2D eigenvalue weighted by molar-refractivity contribution is 5.24. The SMILES string of the molecule is COCC(NC(C)c1cc(F)ccc1F)c1ccccc1.